The molecule has 0 radical (unpaired) electrons. The summed E-state index contributed by atoms with van der Waals surface area (Å²) in [4.78, 5) is 3.91. The SMILES string of the molecule is Cl.NCC1CCCCC1NS(=O)(=O)c1cncc(Cl)c1. The van der Waals surface area contributed by atoms with Crippen molar-refractivity contribution in [3.05, 3.63) is 23.5 Å². The highest BCUT2D eigenvalue weighted by Gasteiger charge is 2.28. The van der Waals surface area contributed by atoms with Crippen molar-refractivity contribution < 1.29 is 8.42 Å². The predicted octanol–water partition coefficient (Wildman–Crippen LogP) is 1.95. The molecule has 1 aliphatic carbocycles. The molecular weight excluding hydrogens is 321 g/mol. The van der Waals surface area contributed by atoms with E-state index < -0.39 is 10.0 Å². The molecule has 1 heterocycles. The molecule has 2 atom stereocenters. The van der Waals surface area contributed by atoms with Gasteiger partial charge in [0.2, 0.25) is 10.0 Å². The average Bonchev–Trinajstić information content (AvgIpc) is 2.39. The van der Waals surface area contributed by atoms with Crippen LogP contribution in [0, 0.1) is 5.92 Å². The van der Waals surface area contributed by atoms with Crippen LogP contribution in [0.15, 0.2) is 23.4 Å². The molecule has 5 nitrogen and oxygen atoms in total. The monoisotopic (exact) mass is 339 g/mol. The average molecular weight is 340 g/mol. The number of rotatable bonds is 4. The molecule has 0 saturated heterocycles. The first-order valence-corrected chi connectivity index (χ1v) is 8.22. The highest BCUT2D eigenvalue weighted by Crippen LogP contribution is 2.25. The first-order chi connectivity index (χ1) is 9.03. The van der Waals surface area contributed by atoms with Crippen LogP contribution < -0.4 is 10.5 Å². The molecule has 0 spiro atoms. The van der Waals surface area contributed by atoms with Crippen LogP contribution in [-0.4, -0.2) is 26.0 Å². The van der Waals surface area contributed by atoms with Gasteiger partial charge < -0.3 is 5.73 Å². The fourth-order valence-electron chi connectivity index (χ4n) is 2.45. The molecule has 1 saturated carbocycles. The van der Waals surface area contributed by atoms with E-state index in [1.807, 2.05) is 0 Å². The second-order valence-corrected chi connectivity index (χ2v) is 7.00. The minimum Gasteiger partial charge on any atom is -0.330 e. The van der Waals surface area contributed by atoms with E-state index in [4.69, 9.17) is 17.3 Å². The second-order valence-electron chi connectivity index (χ2n) is 4.85. The van der Waals surface area contributed by atoms with E-state index in [-0.39, 0.29) is 29.3 Å². The van der Waals surface area contributed by atoms with E-state index in [2.05, 4.69) is 9.71 Å². The van der Waals surface area contributed by atoms with Gasteiger partial charge in [-0.25, -0.2) is 13.1 Å². The Bertz CT molecular complexity index is 539. The fourth-order valence-corrected chi connectivity index (χ4v) is 4.02. The molecule has 0 amide bonds. The summed E-state index contributed by atoms with van der Waals surface area (Å²) in [5, 5.41) is 0.307. The van der Waals surface area contributed by atoms with Gasteiger partial charge >= 0.3 is 0 Å². The molecule has 1 fully saturated rings. The quantitative estimate of drug-likeness (QED) is 0.877. The zero-order valence-electron chi connectivity index (χ0n) is 11.0. The Balaban J connectivity index is 0.00000200. The number of nitrogens with two attached hydrogens (primary N) is 1. The van der Waals surface area contributed by atoms with Crippen molar-refractivity contribution in [2.24, 2.45) is 11.7 Å². The highest BCUT2D eigenvalue weighted by molar-refractivity contribution is 7.89. The Morgan fingerprint density at radius 1 is 1.35 bits per heavy atom. The molecular formula is C12H19Cl2N3O2S. The molecule has 0 aromatic carbocycles. The summed E-state index contributed by atoms with van der Waals surface area (Å²) in [7, 11) is -3.58. The summed E-state index contributed by atoms with van der Waals surface area (Å²) < 4.78 is 27.3. The van der Waals surface area contributed by atoms with Crippen LogP contribution in [0.2, 0.25) is 5.02 Å². The molecule has 1 aromatic rings. The van der Waals surface area contributed by atoms with Gasteiger partial charge in [-0.3, -0.25) is 4.98 Å². The van der Waals surface area contributed by atoms with Gasteiger partial charge in [0.05, 0.1) is 5.02 Å². The van der Waals surface area contributed by atoms with Gasteiger partial charge in [0.1, 0.15) is 4.90 Å². The zero-order valence-corrected chi connectivity index (χ0v) is 13.3. The Morgan fingerprint density at radius 3 is 2.70 bits per heavy atom. The number of pyridine rings is 1. The molecule has 2 rings (SSSR count). The minimum absolute atomic E-state index is 0. The van der Waals surface area contributed by atoms with Crippen molar-refractivity contribution in [2.75, 3.05) is 6.54 Å². The lowest BCUT2D eigenvalue weighted by atomic mass is 9.85. The van der Waals surface area contributed by atoms with E-state index in [0.717, 1.165) is 25.7 Å². The summed E-state index contributed by atoms with van der Waals surface area (Å²) in [5.41, 5.74) is 5.71. The lowest BCUT2D eigenvalue weighted by molar-refractivity contribution is 0.296. The van der Waals surface area contributed by atoms with Gasteiger partial charge in [0.25, 0.3) is 0 Å². The number of nitrogens with zero attached hydrogens (tertiary/aromatic N) is 1. The van der Waals surface area contributed by atoms with Crippen molar-refractivity contribution in [1.82, 2.24) is 9.71 Å². The fraction of sp³-hybridized carbons (Fsp3) is 0.583. The van der Waals surface area contributed by atoms with Gasteiger partial charge in [-0.15, -0.1) is 12.4 Å². The molecule has 1 aromatic heterocycles. The molecule has 114 valence electrons. The number of aromatic nitrogens is 1. The largest absolute Gasteiger partial charge is 0.330 e. The third-order valence-electron chi connectivity index (χ3n) is 3.51. The summed E-state index contributed by atoms with van der Waals surface area (Å²) >= 11 is 5.77. The van der Waals surface area contributed by atoms with Crippen LogP contribution in [0.25, 0.3) is 0 Å². The molecule has 8 heteroatoms. The first kappa shape index (κ1) is 17.7. The number of nitrogens with one attached hydrogen (secondary N) is 1. The van der Waals surface area contributed by atoms with Crippen LogP contribution in [0.4, 0.5) is 0 Å². The van der Waals surface area contributed by atoms with Crippen molar-refractivity contribution in [3.8, 4) is 0 Å². The number of sulfonamides is 1. The van der Waals surface area contributed by atoms with Crippen LogP contribution in [-0.2, 0) is 10.0 Å². The van der Waals surface area contributed by atoms with E-state index in [0.29, 0.717) is 11.6 Å². The van der Waals surface area contributed by atoms with Gasteiger partial charge in [-0.2, -0.15) is 0 Å². The molecule has 2 unspecified atom stereocenters. The van der Waals surface area contributed by atoms with Crippen molar-refractivity contribution >= 4 is 34.0 Å². The van der Waals surface area contributed by atoms with Crippen LogP contribution >= 0.6 is 24.0 Å². The predicted molar refractivity (Wildman–Crippen MR) is 81.6 cm³/mol. The summed E-state index contributed by atoms with van der Waals surface area (Å²) in [6.07, 6.45) is 6.64. The number of hydrogen-bond acceptors (Lipinski definition) is 4. The van der Waals surface area contributed by atoms with Gasteiger partial charge in [0, 0.05) is 18.4 Å². The van der Waals surface area contributed by atoms with Crippen LogP contribution in [0.5, 0.6) is 0 Å². The molecule has 0 aliphatic heterocycles. The molecule has 0 bridgehead atoms. The van der Waals surface area contributed by atoms with Gasteiger partial charge in [-0.1, -0.05) is 24.4 Å². The van der Waals surface area contributed by atoms with Crippen LogP contribution in [0.1, 0.15) is 25.7 Å². The smallest absolute Gasteiger partial charge is 0.242 e. The van der Waals surface area contributed by atoms with Gasteiger partial charge in [-0.05, 0) is 31.4 Å². The Labute approximate surface area is 130 Å². The van der Waals surface area contributed by atoms with Crippen molar-refractivity contribution in [2.45, 2.75) is 36.6 Å². The van der Waals surface area contributed by atoms with Crippen molar-refractivity contribution in [1.29, 1.82) is 0 Å². The van der Waals surface area contributed by atoms with E-state index in [1.165, 1.54) is 18.5 Å². The topological polar surface area (TPSA) is 85.1 Å². The normalized spacial score (nSPS) is 23.1. The Hall–Kier alpha value is -0.400. The van der Waals surface area contributed by atoms with E-state index in [1.54, 1.807) is 0 Å². The maximum Gasteiger partial charge on any atom is 0.242 e. The molecule has 20 heavy (non-hydrogen) atoms. The van der Waals surface area contributed by atoms with Crippen molar-refractivity contribution in [3.63, 3.8) is 0 Å². The first-order valence-electron chi connectivity index (χ1n) is 6.36. The summed E-state index contributed by atoms with van der Waals surface area (Å²) in [6.45, 7) is 0.501. The minimum atomic E-state index is -3.58. The van der Waals surface area contributed by atoms with E-state index in [9.17, 15) is 8.42 Å². The lowest BCUT2D eigenvalue weighted by Crippen LogP contribution is -2.44. The van der Waals surface area contributed by atoms with Gasteiger partial charge in [0.15, 0.2) is 0 Å². The second kappa shape index (κ2) is 7.56. The zero-order chi connectivity index (χ0) is 13.9. The number of halogens is 2. The molecule has 3 N–H and O–H groups in total. The summed E-state index contributed by atoms with van der Waals surface area (Å²) in [6, 6.07) is 1.31. The van der Waals surface area contributed by atoms with Crippen LogP contribution in [0.3, 0.4) is 0 Å². The summed E-state index contributed by atoms with van der Waals surface area (Å²) in [5.74, 6) is 0.204. The highest BCUT2D eigenvalue weighted by atomic mass is 35.5. The molecule has 1 aliphatic rings. The Kier molecular flexibility index (Phi) is 6.68. The lowest BCUT2D eigenvalue weighted by Gasteiger charge is -2.30. The van der Waals surface area contributed by atoms with E-state index >= 15 is 0 Å². The third kappa shape index (κ3) is 4.30. The maximum absolute atomic E-state index is 12.3. The number of hydrogen-bond donors (Lipinski definition) is 2. The maximum atomic E-state index is 12.3. The third-order valence-corrected chi connectivity index (χ3v) is 5.17. The standard InChI is InChI=1S/C12H18ClN3O2S.ClH/c13-10-5-11(8-15-7-10)19(17,18)16-12-4-2-1-3-9(12)6-14;/h5,7-9,12,16H,1-4,6,14H2;1H. The Morgan fingerprint density at radius 2 is 2.05 bits per heavy atom.